The summed E-state index contributed by atoms with van der Waals surface area (Å²) in [5, 5.41) is 19.1. The zero-order chi connectivity index (χ0) is 11.7. The molecule has 0 rings (SSSR count). The van der Waals surface area contributed by atoms with E-state index in [1.165, 1.54) is 0 Å². The normalized spacial score (nSPS) is 17.4. The smallest absolute Gasteiger partial charge is 0.111 e. The molecule has 4 heteroatoms. The Hall–Kier alpha value is -0.160. The number of aliphatic hydroxyl groups is 2. The number of ether oxygens (including phenoxy) is 2. The van der Waals surface area contributed by atoms with Crippen molar-refractivity contribution in [2.75, 3.05) is 19.8 Å². The van der Waals surface area contributed by atoms with Gasteiger partial charge in [-0.25, -0.2) is 0 Å². The van der Waals surface area contributed by atoms with Crippen molar-refractivity contribution in [3.63, 3.8) is 0 Å². The largest absolute Gasteiger partial charge is 0.391 e. The first-order chi connectivity index (χ1) is 7.13. The van der Waals surface area contributed by atoms with Gasteiger partial charge in [-0.1, -0.05) is 13.8 Å². The summed E-state index contributed by atoms with van der Waals surface area (Å²) in [6, 6.07) is 0. The fourth-order valence-corrected chi connectivity index (χ4v) is 1.27. The van der Waals surface area contributed by atoms with Crippen molar-refractivity contribution in [1.29, 1.82) is 0 Å². The average Bonchev–Trinajstić information content (AvgIpc) is 2.18. The Labute approximate surface area is 92.2 Å². The van der Waals surface area contributed by atoms with Gasteiger partial charge >= 0.3 is 0 Å². The maximum Gasteiger partial charge on any atom is 0.111 e. The Balaban J connectivity index is 3.87. The van der Waals surface area contributed by atoms with E-state index >= 15 is 0 Å². The standard InChI is InChI=1S/C11H24O4/c1-4-6-14-8-10(13)11(9(3)12)15-7-5-2/h9-13H,4-8H2,1-3H3. The van der Waals surface area contributed by atoms with Crippen molar-refractivity contribution in [1.82, 2.24) is 0 Å². The summed E-state index contributed by atoms with van der Waals surface area (Å²) in [5.41, 5.74) is 0. The van der Waals surface area contributed by atoms with Crippen LogP contribution in [-0.2, 0) is 9.47 Å². The summed E-state index contributed by atoms with van der Waals surface area (Å²) in [6.45, 7) is 6.99. The zero-order valence-electron chi connectivity index (χ0n) is 9.98. The van der Waals surface area contributed by atoms with E-state index < -0.39 is 18.3 Å². The first-order valence-corrected chi connectivity index (χ1v) is 5.68. The molecule has 0 aromatic rings. The highest BCUT2D eigenvalue weighted by molar-refractivity contribution is 4.73. The molecule has 0 saturated carbocycles. The summed E-state index contributed by atoms with van der Waals surface area (Å²) in [5.74, 6) is 0. The van der Waals surface area contributed by atoms with Gasteiger partial charge in [0.1, 0.15) is 12.2 Å². The van der Waals surface area contributed by atoms with Gasteiger partial charge in [-0.3, -0.25) is 0 Å². The molecule has 15 heavy (non-hydrogen) atoms. The Morgan fingerprint density at radius 2 is 1.67 bits per heavy atom. The molecule has 0 aliphatic rings. The number of hydrogen-bond acceptors (Lipinski definition) is 4. The number of hydrogen-bond donors (Lipinski definition) is 2. The molecule has 0 aromatic heterocycles. The van der Waals surface area contributed by atoms with Crippen LogP contribution in [0, 0.1) is 0 Å². The van der Waals surface area contributed by atoms with Gasteiger partial charge in [-0.05, 0) is 19.8 Å². The SMILES string of the molecule is CCCOCC(O)C(OCCC)C(C)O. The molecule has 3 unspecified atom stereocenters. The second-order valence-electron chi connectivity index (χ2n) is 3.72. The van der Waals surface area contributed by atoms with Gasteiger partial charge in [0.15, 0.2) is 0 Å². The lowest BCUT2D eigenvalue weighted by molar-refractivity contribution is -0.115. The summed E-state index contributed by atoms with van der Waals surface area (Å²) in [6.07, 6.45) is -0.213. The third-order valence-electron chi connectivity index (χ3n) is 2.01. The van der Waals surface area contributed by atoms with Crippen LogP contribution in [0.4, 0.5) is 0 Å². The zero-order valence-corrected chi connectivity index (χ0v) is 9.98. The van der Waals surface area contributed by atoms with Crippen LogP contribution in [0.1, 0.15) is 33.6 Å². The van der Waals surface area contributed by atoms with Crippen LogP contribution < -0.4 is 0 Å². The highest BCUT2D eigenvalue weighted by Gasteiger charge is 2.24. The van der Waals surface area contributed by atoms with Crippen LogP contribution in [0.15, 0.2) is 0 Å². The number of rotatable bonds is 9. The molecule has 0 radical (unpaired) electrons. The average molecular weight is 220 g/mol. The molecule has 0 fully saturated rings. The second-order valence-corrected chi connectivity index (χ2v) is 3.72. The maximum absolute atomic E-state index is 9.72. The monoisotopic (exact) mass is 220 g/mol. The van der Waals surface area contributed by atoms with Gasteiger partial charge in [-0.2, -0.15) is 0 Å². The summed E-state index contributed by atoms with van der Waals surface area (Å²) >= 11 is 0. The van der Waals surface area contributed by atoms with E-state index in [2.05, 4.69) is 0 Å². The Morgan fingerprint density at radius 1 is 1.07 bits per heavy atom. The lowest BCUT2D eigenvalue weighted by atomic mass is 10.1. The molecule has 0 heterocycles. The maximum atomic E-state index is 9.72. The van der Waals surface area contributed by atoms with Crippen LogP contribution in [-0.4, -0.2) is 48.3 Å². The molecule has 3 atom stereocenters. The van der Waals surface area contributed by atoms with E-state index in [1.54, 1.807) is 6.92 Å². The van der Waals surface area contributed by atoms with Crippen LogP contribution in [0.3, 0.4) is 0 Å². The van der Waals surface area contributed by atoms with Gasteiger partial charge in [0.25, 0.3) is 0 Å². The highest BCUT2D eigenvalue weighted by Crippen LogP contribution is 2.07. The topological polar surface area (TPSA) is 58.9 Å². The molecular weight excluding hydrogens is 196 g/mol. The Morgan fingerprint density at radius 3 is 2.13 bits per heavy atom. The Kier molecular flexibility index (Phi) is 9.00. The number of aliphatic hydroxyl groups excluding tert-OH is 2. The molecule has 0 bridgehead atoms. The quantitative estimate of drug-likeness (QED) is 0.568. The molecular formula is C11H24O4. The van der Waals surface area contributed by atoms with E-state index in [0.29, 0.717) is 13.2 Å². The molecule has 0 aromatic carbocycles. The van der Waals surface area contributed by atoms with Crippen molar-refractivity contribution in [3.8, 4) is 0 Å². The predicted molar refractivity (Wildman–Crippen MR) is 58.8 cm³/mol. The minimum absolute atomic E-state index is 0.215. The fraction of sp³-hybridized carbons (Fsp3) is 1.00. The van der Waals surface area contributed by atoms with Gasteiger partial charge in [0.2, 0.25) is 0 Å². The van der Waals surface area contributed by atoms with Crippen LogP contribution >= 0.6 is 0 Å². The molecule has 4 nitrogen and oxygen atoms in total. The van der Waals surface area contributed by atoms with E-state index in [1.807, 2.05) is 13.8 Å². The van der Waals surface area contributed by atoms with E-state index in [9.17, 15) is 10.2 Å². The van der Waals surface area contributed by atoms with Crippen molar-refractivity contribution >= 4 is 0 Å². The van der Waals surface area contributed by atoms with E-state index in [4.69, 9.17) is 9.47 Å². The molecule has 2 N–H and O–H groups in total. The molecule has 0 spiro atoms. The van der Waals surface area contributed by atoms with Crippen LogP contribution in [0.2, 0.25) is 0 Å². The first-order valence-electron chi connectivity index (χ1n) is 5.68. The molecule has 0 aliphatic heterocycles. The van der Waals surface area contributed by atoms with Crippen molar-refractivity contribution in [2.45, 2.75) is 51.9 Å². The molecule has 0 amide bonds. The van der Waals surface area contributed by atoms with Crippen LogP contribution in [0.5, 0.6) is 0 Å². The Bertz CT molecular complexity index is 139. The van der Waals surface area contributed by atoms with E-state index in [0.717, 1.165) is 12.8 Å². The van der Waals surface area contributed by atoms with E-state index in [-0.39, 0.29) is 6.61 Å². The molecule has 0 aliphatic carbocycles. The van der Waals surface area contributed by atoms with Gasteiger partial charge in [0, 0.05) is 13.2 Å². The fourth-order valence-electron chi connectivity index (χ4n) is 1.27. The predicted octanol–water partition coefficient (Wildman–Crippen LogP) is 0.950. The van der Waals surface area contributed by atoms with Crippen molar-refractivity contribution in [3.05, 3.63) is 0 Å². The lowest BCUT2D eigenvalue weighted by Crippen LogP contribution is -2.41. The van der Waals surface area contributed by atoms with Crippen LogP contribution in [0.25, 0.3) is 0 Å². The summed E-state index contributed by atoms with van der Waals surface area (Å²) < 4.78 is 10.6. The van der Waals surface area contributed by atoms with Gasteiger partial charge in [-0.15, -0.1) is 0 Å². The third kappa shape index (κ3) is 6.84. The van der Waals surface area contributed by atoms with Crippen molar-refractivity contribution in [2.24, 2.45) is 0 Å². The van der Waals surface area contributed by atoms with Gasteiger partial charge < -0.3 is 19.7 Å². The minimum atomic E-state index is -0.761. The third-order valence-corrected chi connectivity index (χ3v) is 2.01. The summed E-state index contributed by atoms with van der Waals surface area (Å²) in [7, 11) is 0. The van der Waals surface area contributed by atoms with Crippen molar-refractivity contribution < 1.29 is 19.7 Å². The molecule has 0 saturated heterocycles. The second kappa shape index (κ2) is 9.09. The summed E-state index contributed by atoms with van der Waals surface area (Å²) in [4.78, 5) is 0. The minimum Gasteiger partial charge on any atom is -0.391 e. The lowest BCUT2D eigenvalue weighted by Gasteiger charge is -2.25. The highest BCUT2D eigenvalue weighted by atomic mass is 16.5. The molecule has 92 valence electrons. The first kappa shape index (κ1) is 14.8. The van der Waals surface area contributed by atoms with Gasteiger partial charge in [0.05, 0.1) is 12.7 Å².